The van der Waals surface area contributed by atoms with Crippen LogP contribution >= 0.6 is 0 Å². The van der Waals surface area contributed by atoms with E-state index >= 15 is 0 Å². The Hall–Kier alpha value is -1.84. The molecule has 0 bridgehead atoms. The standard InChI is InChI=1S/C15H20N2O2/c1-10(15(2,3)4)8-17-9-16-12-7-5-6-11(13(12)17)14(18)19/h5-7,9-10H,8H2,1-4H3,(H,18,19). The lowest BCUT2D eigenvalue weighted by Crippen LogP contribution is -2.22. The molecule has 1 unspecified atom stereocenters. The van der Waals surface area contributed by atoms with Gasteiger partial charge in [0.1, 0.15) is 0 Å². The zero-order chi connectivity index (χ0) is 14.2. The average Bonchev–Trinajstić information content (AvgIpc) is 2.71. The number of aromatic nitrogens is 2. The molecule has 1 heterocycles. The minimum Gasteiger partial charge on any atom is -0.478 e. The van der Waals surface area contributed by atoms with Crippen molar-refractivity contribution in [3.63, 3.8) is 0 Å². The number of para-hydroxylation sites is 1. The SMILES string of the molecule is CC(Cn1cnc2cccc(C(=O)O)c21)C(C)(C)C. The second kappa shape index (κ2) is 4.68. The molecule has 1 atom stereocenters. The largest absolute Gasteiger partial charge is 0.478 e. The highest BCUT2D eigenvalue weighted by molar-refractivity contribution is 6.01. The van der Waals surface area contributed by atoms with Crippen LogP contribution in [0.2, 0.25) is 0 Å². The first kappa shape index (κ1) is 13.6. The highest BCUT2D eigenvalue weighted by atomic mass is 16.4. The molecule has 2 aromatic rings. The van der Waals surface area contributed by atoms with Crippen molar-refractivity contribution in [1.29, 1.82) is 0 Å². The van der Waals surface area contributed by atoms with Crippen molar-refractivity contribution in [1.82, 2.24) is 9.55 Å². The van der Waals surface area contributed by atoms with Crippen molar-refractivity contribution >= 4 is 17.0 Å². The van der Waals surface area contributed by atoms with Gasteiger partial charge in [-0.15, -0.1) is 0 Å². The highest BCUT2D eigenvalue weighted by Gasteiger charge is 2.22. The molecule has 4 heteroatoms. The van der Waals surface area contributed by atoms with Gasteiger partial charge in [-0.2, -0.15) is 0 Å². The number of carboxylic acid groups (broad SMARTS) is 1. The zero-order valence-electron chi connectivity index (χ0n) is 11.8. The summed E-state index contributed by atoms with van der Waals surface area (Å²) in [4.78, 5) is 15.6. The first-order valence-corrected chi connectivity index (χ1v) is 6.48. The molecule has 1 aromatic carbocycles. The Morgan fingerprint density at radius 3 is 2.68 bits per heavy atom. The van der Waals surface area contributed by atoms with Gasteiger partial charge in [0.05, 0.1) is 22.9 Å². The number of rotatable bonds is 3. The van der Waals surface area contributed by atoms with Gasteiger partial charge in [0.15, 0.2) is 0 Å². The predicted molar refractivity (Wildman–Crippen MR) is 75.3 cm³/mol. The van der Waals surface area contributed by atoms with E-state index in [1.807, 2.05) is 10.6 Å². The van der Waals surface area contributed by atoms with E-state index in [0.717, 1.165) is 12.1 Å². The fraction of sp³-hybridized carbons (Fsp3) is 0.467. The summed E-state index contributed by atoms with van der Waals surface area (Å²) in [5, 5.41) is 9.28. The summed E-state index contributed by atoms with van der Waals surface area (Å²) >= 11 is 0. The van der Waals surface area contributed by atoms with Crippen LogP contribution < -0.4 is 0 Å². The number of carboxylic acids is 1. The maximum Gasteiger partial charge on any atom is 0.337 e. The van der Waals surface area contributed by atoms with Crippen molar-refractivity contribution in [3.05, 3.63) is 30.1 Å². The van der Waals surface area contributed by atoms with Crippen LogP contribution in [-0.2, 0) is 6.54 Å². The molecule has 1 aromatic heterocycles. The molecule has 0 spiro atoms. The van der Waals surface area contributed by atoms with Gasteiger partial charge in [-0.05, 0) is 23.5 Å². The molecule has 0 fully saturated rings. The summed E-state index contributed by atoms with van der Waals surface area (Å²) in [6, 6.07) is 5.21. The summed E-state index contributed by atoms with van der Waals surface area (Å²) < 4.78 is 1.95. The van der Waals surface area contributed by atoms with E-state index in [2.05, 4.69) is 32.7 Å². The second-order valence-electron chi connectivity index (χ2n) is 6.14. The summed E-state index contributed by atoms with van der Waals surface area (Å²) in [5.41, 5.74) is 1.94. The second-order valence-corrected chi connectivity index (χ2v) is 6.14. The smallest absolute Gasteiger partial charge is 0.337 e. The molecule has 102 valence electrons. The third-order valence-electron chi connectivity index (χ3n) is 3.82. The number of aromatic carboxylic acids is 1. The number of nitrogens with zero attached hydrogens (tertiary/aromatic N) is 2. The van der Waals surface area contributed by atoms with Gasteiger partial charge in [0.25, 0.3) is 0 Å². The number of fused-ring (bicyclic) bond motifs is 1. The minimum atomic E-state index is -0.907. The van der Waals surface area contributed by atoms with Crippen LogP contribution in [0.5, 0.6) is 0 Å². The van der Waals surface area contributed by atoms with Crippen LogP contribution in [0, 0.1) is 11.3 Å². The fourth-order valence-corrected chi connectivity index (χ4v) is 2.01. The highest BCUT2D eigenvalue weighted by Crippen LogP contribution is 2.28. The van der Waals surface area contributed by atoms with Gasteiger partial charge in [-0.1, -0.05) is 33.8 Å². The summed E-state index contributed by atoms with van der Waals surface area (Å²) in [6.45, 7) is 9.51. The molecule has 0 saturated carbocycles. The molecular weight excluding hydrogens is 240 g/mol. The van der Waals surface area contributed by atoms with Crippen molar-refractivity contribution in [2.75, 3.05) is 0 Å². The van der Waals surface area contributed by atoms with E-state index in [1.165, 1.54) is 0 Å². The fourth-order valence-electron chi connectivity index (χ4n) is 2.01. The maximum atomic E-state index is 11.3. The summed E-state index contributed by atoms with van der Waals surface area (Å²) in [6.07, 6.45) is 1.74. The molecule has 2 rings (SSSR count). The van der Waals surface area contributed by atoms with Gasteiger partial charge >= 0.3 is 5.97 Å². The number of benzene rings is 1. The molecule has 1 N–H and O–H groups in total. The van der Waals surface area contributed by atoms with Crippen molar-refractivity contribution < 1.29 is 9.90 Å². The molecule has 0 radical (unpaired) electrons. The van der Waals surface area contributed by atoms with E-state index in [0.29, 0.717) is 17.0 Å². The lowest BCUT2D eigenvalue weighted by molar-refractivity contribution is 0.0698. The van der Waals surface area contributed by atoms with Crippen molar-refractivity contribution in [2.45, 2.75) is 34.2 Å². The topological polar surface area (TPSA) is 55.1 Å². The maximum absolute atomic E-state index is 11.3. The van der Waals surface area contributed by atoms with E-state index < -0.39 is 5.97 Å². The number of hydrogen-bond acceptors (Lipinski definition) is 2. The zero-order valence-corrected chi connectivity index (χ0v) is 11.8. The van der Waals surface area contributed by atoms with Gasteiger partial charge in [0, 0.05) is 6.54 Å². The van der Waals surface area contributed by atoms with Gasteiger partial charge in [0.2, 0.25) is 0 Å². The molecular formula is C15H20N2O2. The molecule has 0 aliphatic rings. The first-order chi connectivity index (χ1) is 8.80. The van der Waals surface area contributed by atoms with E-state index in [1.54, 1.807) is 18.5 Å². The third-order valence-corrected chi connectivity index (χ3v) is 3.82. The first-order valence-electron chi connectivity index (χ1n) is 6.48. The number of hydrogen-bond donors (Lipinski definition) is 1. The molecule has 0 aliphatic heterocycles. The third kappa shape index (κ3) is 2.62. The summed E-state index contributed by atoms with van der Waals surface area (Å²) in [7, 11) is 0. The van der Waals surface area contributed by atoms with Crippen LogP contribution in [0.4, 0.5) is 0 Å². The molecule has 0 amide bonds. The number of carbonyl (C=O) groups is 1. The minimum absolute atomic E-state index is 0.175. The Kier molecular flexibility index (Phi) is 3.35. The Morgan fingerprint density at radius 2 is 2.11 bits per heavy atom. The average molecular weight is 260 g/mol. The van der Waals surface area contributed by atoms with Crippen molar-refractivity contribution in [3.8, 4) is 0 Å². The van der Waals surface area contributed by atoms with Crippen LogP contribution in [0.3, 0.4) is 0 Å². The van der Waals surface area contributed by atoms with E-state index in [-0.39, 0.29) is 5.41 Å². The molecule has 0 saturated heterocycles. The lowest BCUT2D eigenvalue weighted by atomic mass is 9.82. The van der Waals surface area contributed by atoms with Crippen molar-refractivity contribution in [2.24, 2.45) is 11.3 Å². The van der Waals surface area contributed by atoms with E-state index in [9.17, 15) is 9.90 Å². The van der Waals surface area contributed by atoms with Crippen LogP contribution in [0.1, 0.15) is 38.1 Å². The molecule has 4 nitrogen and oxygen atoms in total. The van der Waals surface area contributed by atoms with Gasteiger partial charge in [-0.3, -0.25) is 0 Å². The van der Waals surface area contributed by atoms with Crippen LogP contribution in [0.15, 0.2) is 24.5 Å². The molecule has 19 heavy (non-hydrogen) atoms. The van der Waals surface area contributed by atoms with Crippen LogP contribution in [-0.4, -0.2) is 20.6 Å². The normalized spacial score (nSPS) is 13.7. The van der Waals surface area contributed by atoms with E-state index in [4.69, 9.17) is 0 Å². The Morgan fingerprint density at radius 1 is 1.42 bits per heavy atom. The molecule has 0 aliphatic carbocycles. The monoisotopic (exact) mass is 260 g/mol. The summed E-state index contributed by atoms with van der Waals surface area (Å²) in [5.74, 6) is -0.484. The van der Waals surface area contributed by atoms with Gasteiger partial charge in [-0.25, -0.2) is 9.78 Å². The Balaban J connectivity index is 2.47. The van der Waals surface area contributed by atoms with Crippen LogP contribution in [0.25, 0.3) is 11.0 Å². The quantitative estimate of drug-likeness (QED) is 0.920. The predicted octanol–water partition coefficient (Wildman–Crippen LogP) is 3.42. The van der Waals surface area contributed by atoms with Gasteiger partial charge < -0.3 is 9.67 Å². The number of imidazole rings is 1. The Labute approximate surface area is 113 Å². The lowest BCUT2D eigenvalue weighted by Gasteiger charge is -2.27. The Bertz CT molecular complexity index is 608.